The lowest BCUT2D eigenvalue weighted by atomic mass is 10.3. The van der Waals surface area contributed by atoms with Crippen molar-refractivity contribution in [2.75, 3.05) is 0 Å². The lowest BCUT2D eigenvalue weighted by Crippen LogP contribution is -2.37. The van der Waals surface area contributed by atoms with Crippen LogP contribution in [0.1, 0.15) is 0 Å². The summed E-state index contributed by atoms with van der Waals surface area (Å²) >= 11 is 0. The Morgan fingerprint density at radius 1 is 0.456 bits per heavy atom. The van der Waals surface area contributed by atoms with Crippen LogP contribution in [-0.2, 0) is 0 Å². The van der Waals surface area contributed by atoms with Gasteiger partial charge in [0.05, 0.1) is 14.8 Å². The Balaban J connectivity index is 1.48. The number of para-hydroxylation sites is 3. The molecule has 0 aliphatic carbocycles. The van der Waals surface area contributed by atoms with Crippen LogP contribution in [0.4, 0.5) is 17.1 Å². The van der Waals surface area contributed by atoms with Gasteiger partial charge in [-0.3, -0.25) is 30.3 Å². The van der Waals surface area contributed by atoms with Gasteiger partial charge in [0.15, 0.2) is 0 Å². The molecule has 0 aromatic heterocycles. The number of nitro groups is 3. The predicted molar refractivity (Wildman–Crippen MR) is 209 cm³/mol. The lowest BCUT2D eigenvalue weighted by molar-refractivity contribution is -0.385. The Kier molecular flexibility index (Phi) is 11.8. The first-order chi connectivity index (χ1) is 27.7. The van der Waals surface area contributed by atoms with Crippen LogP contribution in [0.25, 0.3) is 0 Å². The molecular weight excluding hydrogens is 801 g/mol. The highest BCUT2D eigenvalue weighted by Crippen LogP contribution is 2.77. The Labute approximate surface area is 325 Å². The normalized spacial score (nSPS) is 16.3. The molecule has 2 unspecified atom stereocenters. The van der Waals surface area contributed by atoms with Gasteiger partial charge < -0.3 is 27.8 Å². The van der Waals surface area contributed by atoms with Gasteiger partial charge in [0.25, 0.3) is 17.1 Å². The Morgan fingerprint density at radius 3 is 1.25 bits per heavy atom. The molecule has 0 fully saturated rings. The summed E-state index contributed by atoms with van der Waals surface area (Å²) in [5, 5.41) is 34.7. The molecule has 57 heavy (non-hydrogen) atoms. The molecule has 18 nitrogen and oxygen atoms in total. The van der Waals surface area contributed by atoms with E-state index in [0.717, 1.165) is 0 Å². The molecule has 1 heterocycles. The maximum absolute atomic E-state index is 11.6. The first-order valence-electron chi connectivity index (χ1n) is 16.5. The molecule has 0 saturated carbocycles. The van der Waals surface area contributed by atoms with Gasteiger partial charge in [-0.15, -0.1) is 4.52 Å². The molecule has 2 atom stereocenters. The van der Waals surface area contributed by atoms with Gasteiger partial charge in [-0.2, -0.15) is 0 Å². The third kappa shape index (κ3) is 9.42. The first kappa shape index (κ1) is 38.6. The third-order valence-electron chi connectivity index (χ3n) is 7.41. The lowest BCUT2D eigenvalue weighted by Gasteiger charge is -2.43. The van der Waals surface area contributed by atoms with Crippen molar-refractivity contribution >= 4 is 41.6 Å². The molecule has 0 radical (unpaired) electrons. The van der Waals surface area contributed by atoms with Gasteiger partial charge in [0.2, 0.25) is 0 Å². The summed E-state index contributed by atoms with van der Waals surface area (Å²) in [4.78, 5) is 46.1. The third-order valence-corrected chi connectivity index (χ3v) is 14.3. The summed E-state index contributed by atoms with van der Waals surface area (Å²) < 4.78 is 34.3. The van der Waals surface area contributed by atoms with E-state index in [1.54, 1.807) is 91.0 Å². The molecule has 288 valence electrons. The van der Waals surface area contributed by atoms with Crippen molar-refractivity contribution in [3.63, 3.8) is 0 Å². The Hall–Kier alpha value is -6.67. The molecule has 1 aliphatic heterocycles. The zero-order valence-electron chi connectivity index (χ0n) is 29.0. The largest absolute Gasteiger partial charge is 0.447 e. The summed E-state index contributed by atoms with van der Waals surface area (Å²) in [6.07, 6.45) is 0. The molecule has 0 N–H and O–H groups in total. The first-order valence-corrected chi connectivity index (χ1v) is 20.3. The highest BCUT2D eigenvalue weighted by Gasteiger charge is 2.58. The van der Waals surface area contributed by atoms with Gasteiger partial charge in [-0.25, -0.2) is 0 Å². The number of non-ortho nitro benzene ring substituents is 3. The van der Waals surface area contributed by atoms with Crippen LogP contribution >= 0.6 is 24.6 Å². The van der Waals surface area contributed by atoms with Crippen molar-refractivity contribution in [2.45, 2.75) is 0 Å². The zero-order valence-corrected chi connectivity index (χ0v) is 31.7. The quantitative estimate of drug-likeness (QED) is 0.0537. The number of benzene rings is 6. The van der Waals surface area contributed by atoms with Gasteiger partial charge in [-0.1, -0.05) is 54.6 Å². The van der Waals surface area contributed by atoms with Crippen LogP contribution < -0.4 is 27.8 Å². The average Bonchev–Trinajstić information content (AvgIpc) is 3.22. The average molecular weight is 829 g/mol. The second kappa shape index (κ2) is 17.4. The van der Waals surface area contributed by atoms with Crippen molar-refractivity contribution in [3.05, 3.63) is 194 Å². The van der Waals surface area contributed by atoms with E-state index in [2.05, 4.69) is 0 Å². The molecular formula is C36H27N6O12P3. The topological polar surface area (TPSA) is 204 Å². The molecule has 7 rings (SSSR count). The van der Waals surface area contributed by atoms with Crippen LogP contribution in [-0.4, -0.2) is 24.0 Å². The van der Waals surface area contributed by atoms with E-state index >= 15 is 0 Å². The number of hydrogen-bond donors (Lipinski definition) is 0. The SMILES string of the molecule is O=[N+]([O-])c1ccc(OP2N=P(Oc3ccc([N+](=O)[O-])cc3)(Oc3ccc([N+](=O)[O-])cc3)N(Oc3ccccc3)P(Oc3ccccc3)N2Oc2ccccc2)cc1. The maximum atomic E-state index is 11.6. The summed E-state index contributed by atoms with van der Waals surface area (Å²) in [5.41, 5.74) is -0.621. The van der Waals surface area contributed by atoms with E-state index in [1.807, 2.05) is 0 Å². The number of nitrogens with zero attached hydrogens (tertiary/aromatic N) is 6. The summed E-state index contributed by atoms with van der Waals surface area (Å²) in [7, 11) is -9.23. The molecule has 0 saturated heterocycles. The van der Waals surface area contributed by atoms with Gasteiger partial charge in [0.1, 0.15) is 34.5 Å². The van der Waals surface area contributed by atoms with Crippen LogP contribution in [0.2, 0.25) is 0 Å². The minimum absolute atomic E-state index is 0.0543. The van der Waals surface area contributed by atoms with Gasteiger partial charge in [0, 0.05) is 45.6 Å². The predicted octanol–water partition coefficient (Wildman–Crippen LogP) is 11.0. The van der Waals surface area contributed by atoms with E-state index < -0.39 is 39.3 Å². The van der Waals surface area contributed by atoms with Crippen molar-refractivity contribution in [1.29, 1.82) is 0 Å². The van der Waals surface area contributed by atoms with E-state index in [4.69, 9.17) is 32.3 Å². The fraction of sp³-hybridized carbons (Fsp3) is 0. The summed E-state index contributed by atoms with van der Waals surface area (Å²) in [6.45, 7) is 0. The van der Waals surface area contributed by atoms with Gasteiger partial charge in [-0.05, 0) is 72.8 Å². The van der Waals surface area contributed by atoms with Crippen molar-refractivity contribution in [3.8, 4) is 34.5 Å². The summed E-state index contributed by atoms with van der Waals surface area (Å²) in [5.74, 6) is 1.23. The van der Waals surface area contributed by atoms with E-state index in [1.165, 1.54) is 82.0 Å². The fourth-order valence-corrected chi connectivity index (χ4v) is 12.3. The molecule has 21 heteroatoms. The number of rotatable bonds is 15. The Morgan fingerprint density at radius 2 is 0.825 bits per heavy atom. The second-order valence-corrected chi connectivity index (χ2v) is 16.9. The maximum Gasteiger partial charge on any atom is 0.447 e. The molecule has 0 spiro atoms. The standard InChI is InChI=1S/C36H27N6O12P3/c43-38(44)28-16-22-34(23-17-28)51-55-37-57(53-35-24-18-29(19-25-35)39(45)46,54-36-26-20-30(21-27-36)40(47)48)42(50-32-12-6-2-7-13-32)56(52-33-14-8-3-9-15-33)41(55)49-31-10-4-1-5-11-31/h1-27H. The number of hydrogen-bond acceptors (Lipinski definition) is 15. The van der Waals surface area contributed by atoms with E-state index in [-0.39, 0.29) is 40.1 Å². The smallest absolute Gasteiger partial charge is 0.440 e. The van der Waals surface area contributed by atoms with Crippen molar-refractivity contribution in [1.82, 2.24) is 9.21 Å². The monoisotopic (exact) mass is 828 g/mol. The second-order valence-electron chi connectivity index (χ2n) is 11.3. The highest BCUT2D eigenvalue weighted by molar-refractivity contribution is 7.78. The fourth-order valence-electron chi connectivity index (χ4n) is 4.78. The molecule has 1 aliphatic rings. The minimum Gasteiger partial charge on any atom is -0.440 e. The van der Waals surface area contributed by atoms with E-state index in [9.17, 15) is 30.3 Å². The highest BCUT2D eigenvalue weighted by atomic mass is 31.3. The summed E-state index contributed by atoms with van der Waals surface area (Å²) in [6, 6.07) is 41.6. The zero-order chi connectivity index (χ0) is 39.8. The van der Waals surface area contributed by atoms with Crippen molar-refractivity contribution in [2.24, 2.45) is 4.52 Å². The van der Waals surface area contributed by atoms with Crippen molar-refractivity contribution < 1.29 is 42.5 Å². The minimum atomic E-state index is -4.27. The molecule has 0 bridgehead atoms. The van der Waals surface area contributed by atoms with Crippen LogP contribution in [0, 0.1) is 30.3 Å². The molecule has 6 aromatic rings. The number of nitro benzene ring substituents is 3. The molecule has 0 amide bonds. The Bertz CT molecular complexity index is 2320. The van der Waals surface area contributed by atoms with E-state index in [0.29, 0.717) is 11.5 Å². The van der Waals surface area contributed by atoms with Gasteiger partial charge >= 0.3 is 24.6 Å². The van der Waals surface area contributed by atoms with Crippen LogP contribution in [0.3, 0.4) is 0 Å². The molecule has 6 aromatic carbocycles. The van der Waals surface area contributed by atoms with Crippen LogP contribution in [0.15, 0.2) is 168 Å². The van der Waals surface area contributed by atoms with Crippen LogP contribution in [0.5, 0.6) is 34.5 Å².